The van der Waals surface area contributed by atoms with Gasteiger partial charge in [-0.3, -0.25) is 9.59 Å². The van der Waals surface area contributed by atoms with Crippen LogP contribution in [0.25, 0.3) is 0 Å². The van der Waals surface area contributed by atoms with Crippen molar-refractivity contribution in [3.8, 4) is 0 Å². The Bertz CT molecular complexity index is 563. The zero-order chi connectivity index (χ0) is 18.4. The smallest absolute Gasteiger partial charge is 0.138 e. The minimum absolute atomic E-state index is 0.118. The first-order chi connectivity index (χ1) is 11.2. The number of aryl methyl sites for hydroxylation is 1. The zero-order valence-corrected chi connectivity index (χ0v) is 16.2. The first-order valence-electron chi connectivity index (χ1n) is 9.08. The molecule has 0 aliphatic rings. The molecule has 0 unspecified atom stereocenters. The lowest BCUT2D eigenvalue weighted by atomic mass is 9.74. The second-order valence-corrected chi connectivity index (χ2v) is 7.76. The van der Waals surface area contributed by atoms with Crippen molar-refractivity contribution < 1.29 is 9.59 Å². The number of aromatic nitrogens is 3. The van der Waals surface area contributed by atoms with Gasteiger partial charge >= 0.3 is 0 Å². The van der Waals surface area contributed by atoms with Crippen LogP contribution in [0.4, 0.5) is 0 Å². The van der Waals surface area contributed by atoms with Crippen LogP contribution in [0.5, 0.6) is 0 Å². The van der Waals surface area contributed by atoms with Crippen LogP contribution < -0.4 is 0 Å². The maximum atomic E-state index is 12.4. The predicted molar refractivity (Wildman–Crippen MR) is 95.7 cm³/mol. The van der Waals surface area contributed by atoms with E-state index in [1.807, 2.05) is 32.4 Å². The van der Waals surface area contributed by atoms with Gasteiger partial charge in [-0.05, 0) is 26.2 Å². The van der Waals surface area contributed by atoms with Crippen molar-refractivity contribution in [1.29, 1.82) is 0 Å². The summed E-state index contributed by atoms with van der Waals surface area (Å²) in [6, 6.07) is 0. The highest BCUT2D eigenvalue weighted by Crippen LogP contribution is 2.32. The van der Waals surface area contributed by atoms with Crippen molar-refractivity contribution in [2.24, 2.45) is 10.8 Å². The van der Waals surface area contributed by atoms with Gasteiger partial charge in [0.2, 0.25) is 0 Å². The molecule has 5 heteroatoms. The third kappa shape index (κ3) is 5.25. The van der Waals surface area contributed by atoms with E-state index in [-0.39, 0.29) is 17.0 Å². The largest absolute Gasteiger partial charge is 0.299 e. The van der Waals surface area contributed by atoms with Crippen molar-refractivity contribution >= 4 is 11.6 Å². The van der Waals surface area contributed by atoms with E-state index in [9.17, 15) is 9.59 Å². The fraction of sp³-hybridized carbons (Fsp3) is 0.789. The molecular weight excluding hydrogens is 302 g/mol. The molecule has 5 nitrogen and oxygen atoms in total. The van der Waals surface area contributed by atoms with Crippen molar-refractivity contribution in [3.63, 3.8) is 0 Å². The van der Waals surface area contributed by atoms with Crippen LogP contribution in [-0.4, -0.2) is 26.6 Å². The van der Waals surface area contributed by atoms with E-state index in [4.69, 9.17) is 0 Å². The maximum Gasteiger partial charge on any atom is 0.138 e. The van der Waals surface area contributed by atoms with Gasteiger partial charge in [-0.25, -0.2) is 4.68 Å². The molecule has 0 aromatic carbocycles. The number of Topliss-reactive ketones (excluding diaryl/α,β-unsaturated/α-hetero) is 2. The molecule has 1 atom stereocenters. The lowest BCUT2D eigenvalue weighted by Crippen LogP contribution is -2.32. The van der Waals surface area contributed by atoms with E-state index in [0.29, 0.717) is 19.3 Å². The summed E-state index contributed by atoms with van der Waals surface area (Å²) in [6.07, 6.45) is 6.28. The van der Waals surface area contributed by atoms with Gasteiger partial charge < -0.3 is 0 Å². The first kappa shape index (κ1) is 20.5. The normalized spacial score (nSPS) is 14.4. The van der Waals surface area contributed by atoms with Gasteiger partial charge in [-0.2, -0.15) is 0 Å². The van der Waals surface area contributed by atoms with E-state index in [0.717, 1.165) is 31.5 Å². The minimum Gasteiger partial charge on any atom is -0.299 e. The Balaban J connectivity index is 2.84. The second-order valence-electron chi connectivity index (χ2n) is 7.76. The topological polar surface area (TPSA) is 64.8 Å². The number of unbranched alkanes of at least 4 members (excludes halogenated alkanes) is 1. The summed E-state index contributed by atoms with van der Waals surface area (Å²) in [7, 11) is 0. The van der Waals surface area contributed by atoms with Gasteiger partial charge in [-0.15, -0.1) is 5.10 Å². The Kier molecular flexibility index (Phi) is 7.30. The molecule has 1 rings (SSSR count). The molecule has 0 N–H and O–H groups in total. The van der Waals surface area contributed by atoms with Gasteiger partial charge in [0.25, 0.3) is 0 Å². The van der Waals surface area contributed by atoms with E-state index in [2.05, 4.69) is 17.2 Å². The van der Waals surface area contributed by atoms with Crippen LogP contribution in [0.1, 0.15) is 79.3 Å². The number of carbonyl (C=O) groups is 2. The number of nitrogens with zero attached hydrogens (tertiary/aromatic N) is 3. The number of ketones is 2. The van der Waals surface area contributed by atoms with Crippen molar-refractivity contribution in [3.05, 3.63) is 11.9 Å². The molecular formula is C19H33N3O2. The van der Waals surface area contributed by atoms with Crippen LogP contribution >= 0.6 is 0 Å². The van der Waals surface area contributed by atoms with Crippen LogP contribution in [0.3, 0.4) is 0 Å². The SMILES string of the molecule is CCCCn1nncc1C[C@](C)(CCC(=O)C(C)(C)CC)C(C)=O. The molecule has 0 amide bonds. The van der Waals surface area contributed by atoms with Gasteiger partial charge in [0.1, 0.15) is 11.6 Å². The van der Waals surface area contributed by atoms with E-state index in [1.54, 1.807) is 13.1 Å². The molecule has 0 radical (unpaired) electrons. The molecule has 1 aromatic rings. The predicted octanol–water partition coefficient (Wildman–Crippen LogP) is 4.00. The molecule has 0 saturated carbocycles. The molecule has 24 heavy (non-hydrogen) atoms. The average molecular weight is 335 g/mol. The lowest BCUT2D eigenvalue weighted by Gasteiger charge is -2.28. The number of hydrogen-bond acceptors (Lipinski definition) is 4. The maximum absolute atomic E-state index is 12.4. The van der Waals surface area contributed by atoms with Gasteiger partial charge in [0.05, 0.1) is 11.9 Å². The Hall–Kier alpha value is -1.52. The highest BCUT2D eigenvalue weighted by Gasteiger charge is 2.34. The Morgan fingerprint density at radius 1 is 1.21 bits per heavy atom. The monoisotopic (exact) mass is 335 g/mol. The fourth-order valence-electron chi connectivity index (χ4n) is 2.63. The third-order valence-electron chi connectivity index (χ3n) is 5.39. The number of rotatable bonds is 11. The summed E-state index contributed by atoms with van der Waals surface area (Å²) in [5.74, 6) is 0.350. The second kappa shape index (κ2) is 8.54. The molecule has 0 aliphatic heterocycles. The molecule has 0 spiro atoms. The van der Waals surface area contributed by atoms with Crippen molar-refractivity contribution in [1.82, 2.24) is 15.0 Å². The van der Waals surface area contributed by atoms with Crippen LogP contribution in [0.2, 0.25) is 0 Å². The van der Waals surface area contributed by atoms with Crippen molar-refractivity contribution in [2.75, 3.05) is 0 Å². The highest BCUT2D eigenvalue weighted by molar-refractivity contribution is 5.86. The Morgan fingerprint density at radius 3 is 2.42 bits per heavy atom. The first-order valence-corrected chi connectivity index (χ1v) is 9.08. The van der Waals surface area contributed by atoms with Gasteiger partial charge in [0.15, 0.2) is 0 Å². The lowest BCUT2D eigenvalue weighted by molar-refractivity contribution is -0.130. The van der Waals surface area contributed by atoms with E-state index in [1.165, 1.54) is 0 Å². The summed E-state index contributed by atoms with van der Waals surface area (Å²) in [5, 5.41) is 8.13. The van der Waals surface area contributed by atoms with Crippen molar-refractivity contribution in [2.45, 2.75) is 86.6 Å². The quantitative estimate of drug-likeness (QED) is 0.613. The molecule has 0 bridgehead atoms. The molecule has 1 heterocycles. The number of hydrogen-bond donors (Lipinski definition) is 0. The third-order valence-corrected chi connectivity index (χ3v) is 5.39. The summed E-state index contributed by atoms with van der Waals surface area (Å²) in [6.45, 7) is 12.5. The van der Waals surface area contributed by atoms with Crippen LogP contribution in [0, 0.1) is 10.8 Å². The average Bonchev–Trinajstić information content (AvgIpc) is 2.97. The van der Waals surface area contributed by atoms with Crippen LogP contribution in [0.15, 0.2) is 6.20 Å². The highest BCUT2D eigenvalue weighted by atomic mass is 16.1. The number of carbonyl (C=O) groups excluding carboxylic acids is 2. The zero-order valence-electron chi connectivity index (χ0n) is 16.2. The summed E-state index contributed by atoms with van der Waals surface area (Å²) >= 11 is 0. The summed E-state index contributed by atoms with van der Waals surface area (Å²) in [4.78, 5) is 24.7. The molecule has 0 saturated heterocycles. The molecule has 136 valence electrons. The Morgan fingerprint density at radius 2 is 1.88 bits per heavy atom. The van der Waals surface area contributed by atoms with Gasteiger partial charge in [-0.1, -0.05) is 46.3 Å². The van der Waals surface area contributed by atoms with E-state index >= 15 is 0 Å². The molecule has 0 fully saturated rings. The summed E-state index contributed by atoms with van der Waals surface area (Å²) in [5.41, 5.74) is 0.108. The molecule has 0 aliphatic carbocycles. The Labute approximate surface area is 146 Å². The minimum atomic E-state index is -0.550. The van der Waals surface area contributed by atoms with Gasteiger partial charge in [0, 0.05) is 30.2 Å². The summed E-state index contributed by atoms with van der Waals surface area (Å²) < 4.78 is 1.89. The fourth-order valence-corrected chi connectivity index (χ4v) is 2.63. The van der Waals surface area contributed by atoms with Crippen LogP contribution in [-0.2, 0) is 22.6 Å². The van der Waals surface area contributed by atoms with E-state index < -0.39 is 5.41 Å². The molecule has 1 aromatic heterocycles. The standard InChI is InChI=1S/C19H33N3O2/c1-7-9-12-22-16(14-20-21-22)13-19(6,15(3)23)11-10-17(24)18(4,5)8-2/h14H,7-13H2,1-6H3/t19-/m0/s1.